The first-order valence-corrected chi connectivity index (χ1v) is 6.33. The Kier molecular flexibility index (Phi) is 3.22. The summed E-state index contributed by atoms with van der Waals surface area (Å²) in [5, 5.41) is 18.3. The number of allylic oxidation sites excluding steroid dienone is 1. The van der Waals surface area contributed by atoms with Crippen molar-refractivity contribution in [2.75, 3.05) is 14.1 Å². The number of fused-ring (bicyclic) bond motifs is 1. The van der Waals surface area contributed by atoms with Crippen LogP contribution in [-0.4, -0.2) is 24.5 Å². The smallest absolute Gasteiger partial charge is 0.0958 e. The summed E-state index contributed by atoms with van der Waals surface area (Å²) in [4.78, 5) is 2.29. The van der Waals surface area contributed by atoms with E-state index in [0.29, 0.717) is 5.92 Å². The predicted molar refractivity (Wildman–Crippen MR) is 65.9 cm³/mol. The lowest BCUT2D eigenvalue weighted by atomic mass is 9.63. The highest BCUT2D eigenvalue weighted by molar-refractivity contribution is 5.41. The van der Waals surface area contributed by atoms with Gasteiger partial charge in [-0.1, -0.05) is 12.8 Å². The van der Waals surface area contributed by atoms with Crippen LogP contribution >= 0.6 is 0 Å². The van der Waals surface area contributed by atoms with Gasteiger partial charge in [-0.2, -0.15) is 10.5 Å². The van der Waals surface area contributed by atoms with E-state index in [1.54, 1.807) is 0 Å². The summed E-state index contributed by atoms with van der Waals surface area (Å²) in [6.45, 7) is 0. The van der Waals surface area contributed by atoms with E-state index in [1.807, 2.05) is 0 Å². The van der Waals surface area contributed by atoms with Crippen LogP contribution in [-0.2, 0) is 0 Å². The maximum atomic E-state index is 9.20. The summed E-state index contributed by atoms with van der Waals surface area (Å²) in [5.74, 6) is 0.554. The lowest BCUT2D eigenvalue weighted by Crippen LogP contribution is -2.54. The van der Waals surface area contributed by atoms with Gasteiger partial charge in [0.1, 0.15) is 0 Å². The Morgan fingerprint density at radius 2 is 1.88 bits per heavy atom. The van der Waals surface area contributed by atoms with Crippen LogP contribution in [0.15, 0.2) is 11.1 Å². The molecule has 0 bridgehead atoms. The summed E-state index contributed by atoms with van der Waals surface area (Å²) in [5.41, 5.74) is 1.58. The zero-order valence-corrected chi connectivity index (χ0v) is 10.7. The third kappa shape index (κ3) is 1.85. The van der Waals surface area contributed by atoms with Crippen molar-refractivity contribution in [3.05, 3.63) is 11.1 Å². The molecule has 3 nitrogen and oxygen atoms in total. The molecule has 1 saturated carbocycles. The average molecular weight is 229 g/mol. The number of nitriles is 2. The van der Waals surface area contributed by atoms with Crippen molar-refractivity contribution in [2.24, 2.45) is 5.92 Å². The van der Waals surface area contributed by atoms with Gasteiger partial charge in [0.25, 0.3) is 0 Å². The normalized spacial score (nSPS) is 32.9. The van der Waals surface area contributed by atoms with Crippen molar-refractivity contribution in [2.45, 2.75) is 44.1 Å². The first-order chi connectivity index (χ1) is 8.14. The molecule has 2 aliphatic rings. The van der Waals surface area contributed by atoms with Gasteiger partial charge in [-0.3, -0.25) is 0 Å². The molecule has 0 aromatic rings. The van der Waals surface area contributed by atoms with E-state index >= 15 is 0 Å². The fraction of sp³-hybridized carbons (Fsp3) is 0.714. The van der Waals surface area contributed by atoms with Crippen LogP contribution in [0, 0.1) is 28.6 Å². The Balaban J connectivity index is 2.40. The topological polar surface area (TPSA) is 50.8 Å². The largest absolute Gasteiger partial charge is 0.303 e. The van der Waals surface area contributed by atoms with Crippen molar-refractivity contribution in [3.63, 3.8) is 0 Å². The van der Waals surface area contributed by atoms with Gasteiger partial charge in [0.15, 0.2) is 0 Å². The van der Waals surface area contributed by atoms with E-state index in [1.165, 1.54) is 19.3 Å². The molecule has 2 aliphatic carbocycles. The Bertz CT molecular complexity index is 422. The molecule has 90 valence electrons. The molecule has 0 N–H and O–H groups in total. The molecular weight excluding hydrogens is 210 g/mol. The van der Waals surface area contributed by atoms with Crippen LogP contribution < -0.4 is 0 Å². The summed E-state index contributed by atoms with van der Waals surface area (Å²) < 4.78 is 0. The van der Waals surface area contributed by atoms with Crippen molar-refractivity contribution < 1.29 is 0 Å². The quantitative estimate of drug-likeness (QED) is 0.694. The van der Waals surface area contributed by atoms with Crippen molar-refractivity contribution in [3.8, 4) is 12.1 Å². The maximum absolute atomic E-state index is 9.20. The minimum Gasteiger partial charge on any atom is -0.303 e. The Morgan fingerprint density at radius 3 is 2.47 bits per heavy atom. The van der Waals surface area contributed by atoms with Gasteiger partial charge < -0.3 is 4.90 Å². The predicted octanol–water partition coefficient (Wildman–Crippen LogP) is 2.61. The molecule has 0 saturated heterocycles. The SMILES string of the molecule is CN(C)C12CCCCC1CC(C#N)=C(C#N)C2. The first kappa shape index (κ1) is 12.1. The monoisotopic (exact) mass is 229 g/mol. The number of hydrogen-bond acceptors (Lipinski definition) is 3. The highest BCUT2D eigenvalue weighted by atomic mass is 15.2. The van der Waals surface area contributed by atoms with Gasteiger partial charge in [-0.05, 0) is 39.3 Å². The van der Waals surface area contributed by atoms with Crippen LogP contribution in [0.1, 0.15) is 38.5 Å². The van der Waals surface area contributed by atoms with Gasteiger partial charge in [0, 0.05) is 23.1 Å². The molecule has 2 atom stereocenters. The van der Waals surface area contributed by atoms with Crippen molar-refractivity contribution in [1.29, 1.82) is 10.5 Å². The molecule has 0 aromatic heterocycles. The fourth-order valence-corrected chi connectivity index (χ4v) is 3.57. The van der Waals surface area contributed by atoms with Crippen LogP contribution in [0.3, 0.4) is 0 Å². The van der Waals surface area contributed by atoms with E-state index in [4.69, 9.17) is 5.26 Å². The Hall–Kier alpha value is -1.32. The Labute approximate surface area is 103 Å². The van der Waals surface area contributed by atoms with Crippen LogP contribution in [0.5, 0.6) is 0 Å². The fourth-order valence-electron chi connectivity index (χ4n) is 3.57. The van der Waals surface area contributed by atoms with E-state index in [-0.39, 0.29) is 5.54 Å². The molecule has 0 radical (unpaired) electrons. The molecule has 0 spiro atoms. The van der Waals surface area contributed by atoms with Gasteiger partial charge >= 0.3 is 0 Å². The molecular formula is C14H19N3. The summed E-state index contributed by atoms with van der Waals surface area (Å²) in [7, 11) is 4.23. The zero-order chi connectivity index (χ0) is 12.5. The van der Waals surface area contributed by atoms with Crippen molar-refractivity contribution in [1.82, 2.24) is 4.90 Å². The minimum absolute atomic E-state index is 0.129. The van der Waals surface area contributed by atoms with E-state index in [2.05, 4.69) is 31.1 Å². The van der Waals surface area contributed by atoms with Crippen molar-refractivity contribution >= 4 is 0 Å². The van der Waals surface area contributed by atoms with E-state index in [9.17, 15) is 5.26 Å². The average Bonchev–Trinajstić information content (AvgIpc) is 2.36. The first-order valence-electron chi connectivity index (χ1n) is 6.33. The second-order valence-electron chi connectivity index (χ2n) is 5.50. The van der Waals surface area contributed by atoms with Gasteiger partial charge in [-0.15, -0.1) is 0 Å². The maximum Gasteiger partial charge on any atom is 0.0958 e. The molecule has 0 aromatic carbocycles. The molecule has 0 amide bonds. The second kappa shape index (κ2) is 4.51. The van der Waals surface area contributed by atoms with Crippen LogP contribution in [0.25, 0.3) is 0 Å². The van der Waals surface area contributed by atoms with Gasteiger partial charge in [-0.25, -0.2) is 0 Å². The zero-order valence-electron chi connectivity index (χ0n) is 10.7. The number of rotatable bonds is 1. The summed E-state index contributed by atoms with van der Waals surface area (Å²) in [6.07, 6.45) is 6.44. The lowest BCUT2D eigenvalue weighted by Gasteiger charge is -2.51. The minimum atomic E-state index is 0.129. The van der Waals surface area contributed by atoms with E-state index < -0.39 is 0 Å². The highest BCUT2D eigenvalue weighted by Crippen LogP contribution is 2.48. The summed E-state index contributed by atoms with van der Waals surface area (Å²) in [6, 6.07) is 4.48. The number of nitrogens with zero attached hydrogens (tertiary/aromatic N) is 3. The molecule has 3 heteroatoms. The van der Waals surface area contributed by atoms with E-state index in [0.717, 1.165) is 30.4 Å². The standard InChI is InChI=1S/C14H19N3/c1-17(2)14-6-4-3-5-13(14)7-11(9-15)12(8-14)10-16/h13H,3-8H2,1-2H3. The third-order valence-electron chi connectivity index (χ3n) is 4.63. The highest BCUT2D eigenvalue weighted by Gasteiger charge is 2.46. The molecule has 0 aliphatic heterocycles. The molecule has 17 heavy (non-hydrogen) atoms. The molecule has 2 rings (SSSR count). The van der Waals surface area contributed by atoms with Gasteiger partial charge in [0.2, 0.25) is 0 Å². The molecule has 2 unspecified atom stereocenters. The second-order valence-corrected chi connectivity index (χ2v) is 5.50. The number of hydrogen-bond donors (Lipinski definition) is 0. The van der Waals surface area contributed by atoms with Gasteiger partial charge in [0.05, 0.1) is 12.1 Å². The molecule has 1 fully saturated rings. The lowest BCUT2D eigenvalue weighted by molar-refractivity contribution is 0.0318. The Morgan fingerprint density at radius 1 is 1.18 bits per heavy atom. The summed E-state index contributed by atoms with van der Waals surface area (Å²) >= 11 is 0. The van der Waals surface area contributed by atoms with Crippen LogP contribution in [0.2, 0.25) is 0 Å². The van der Waals surface area contributed by atoms with Crippen LogP contribution in [0.4, 0.5) is 0 Å². The third-order valence-corrected chi connectivity index (χ3v) is 4.63. The molecule has 0 heterocycles.